The highest BCUT2D eigenvalue weighted by atomic mass is 32.2. The van der Waals surface area contributed by atoms with Crippen LogP contribution in [0.5, 0.6) is 0 Å². The molecule has 1 aliphatic heterocycles. The molecule has 0 aromatic carbocycles. The molecule has 0 spiro atoms. The Morgan fingerprint density at radius 3 is 2.76 bits per heavy atom. The lowest BCUT2D eigenvalue weighted by Gasteiger charge is -2.29. The van der Waals surface area contributed by atoms with Gasteiger partial charge in [-0.05, 0) is 32.0 Å². The topological polar surface area (TPSA) is 12.0 Å². The van der Waals surface area contributed by atoms with E-state index in [9.17, 15) is 0 Å². The highest BCUT2D eigenvalue weighted by molar-refractivity contribution is 8.06. The number of thioether (sulfide) groups is 2. The molecule has 1 aliphatic rings. The van der Waals surface area contributed by atoms with Crippen LogP contribution in [0.1, 0.15) is 16.7 Å². The average Bonchev–Trinajstić information content (AvgIpc) is 2.84. The minimum atomic E-state index is 0.635. The molecule has 0 saturated carbocycles. The van der Waals surface area contributed by atoms with Crippen molar-refractivity contribution in [3.63, 3.8) is 0 Å². The number of thiophene rings is 1. The van der Waals surface area contributed by atoms with Gasteiger partial charge in [0.25, 0.3) is 0 Å². The fraction of sp³-hybridized carbons (Fsp3) is 0.692. The van der Waals surface area contributed by atoms with Crippen molar-refractivity contribution in [2.75, 3.05) is 24.3 Å². The first-order valence-corrected chi connectivity index (χ1v) is 9.29. The lowest BCUT2D eigenvalue weighted by molar-refractivity contribution is 0.561. The van der Waals surface area contributed by atoms with Gasteiger partial charge in [-0.1, -0.05) is 6.92 Å². The van der Waals surface area contributed by atoms with Gasteiger partial charge in [-0.25, -0.2) is 0 Å². The van der Waals surface area contributed by atoms with Crippen molar-refractivity contribution in [2.45, 2.75) is 31.1 Å². The van der Waals surface area contributed by atoms with E-state index >= 15 is 0 Å². The van der Waals surface area contributed by atoms with Crippen LogP contribution in [-0.2, 0) is 12.8 Å². The summed E-state index contributed by atoms with van der Waals surface area (Å²) >= 11 is 6.24. The molecule has 0 bridgehead atoms. The van der Waals surface area contributed by atoms with E-state index in [0.29, 0.717) is 6.04 Å². The number of hydrogen-bond donors (Lipinski definition) is 1. The van der Waals surface area contributed by atoms with Gasteiger partial charge in [0.1, 0.15) is 0 Å². The molecule has 1 saturated heterocycles. The maximum Gasteiger partial charge on any atom is 0.0295 e. The molecule has 2 unspecified atom stereocenters. The number of aryl methyl sites for hydroxylation is 1. The van der Waals surface area contributed by atoms with E-state index in [0.717, 1.165) is 5.25 Å². The summed E-state index contributed by atoms with van der Waals surface area (Å²) in [6.07, 6.45) is 2.36. The molecule has 17 heavy (non-hydrogen) atoms. The zero-order valence-electron chi connectivity index (χ0n) is 10.6. The van der Waals surface area contributed by atoms with Crippen molar-refractivity contribution in [3.8, 4) is 0 Å². The van der Waals surface area contributed by atoms with Gasteiger partial charge in [-0.3, -0.25) is 0 Å². The second-order valence-electron chi connectivity index (χ2n) is 4.31. The maximum atomic E-state index is 3.52. The lowest BCUT2D eigenvalue weighted by Crippen LogP contribution is -2.40. The molecule has 0 radical (unpaired) electrons. The second-order valence-corrected chi connectivity index (χ2v) is 8.05. The lowest BCUT2D eigenvalue weighted by atomic mass is 10.1. The number of likely N-dealkylation sites (N-methyl/N-ethyl adjacent to an activating group) is 1. The first-order chi connectivity index (χ1) is 8.33. The summed E-state index contributed by atoms with van der Waals surface area (Å²) in [6, 6.07) is 5.24. The Balaban J connectivity index is 1.93. The van der Waals surface area contributed by atoms with E-state index in [1.54, 1.807) is 0 Å². The Bertz CT molecular complexity index is 331. The molecule has 2 atom stereocenters. The summed E-state index contributed by atoms with van der Waals surface area (Å²) in [6.45, 7) is 2.23. The summed E-state index contributed by atoms with van der Waals surface area (Å²) in [5.41, 5.74) is 0. The van der Waals surface area contributed by atoms with Crippen LogP contribution < -0.4 is 5.32 Å². The molecule has 2 heterocycles. The molecular weight excluding hydrogens is 266 g/mol. The summed E-state index contributed by atoms with van der Waals surface area (Å²) < 4.78 is 0. The van der Waals surface area contributed by atoms with Gasteiger partial charge in [-0.2, -0.15) is 23.5 Å². The average molecular weight is 288 g/mol. The summed E-state index contributed by atoms with van der Waals surface area (Å²) in [5, 5.41) is 4.30. The molecule has 2 rings (SSSR count). The Morgan fingerprint density at radius 1 is 1.35 bits per heavy atom. The third-order valence-electron chi connectivity index (χ3n) is 3.15. The van der Waals surface area contributed by atoms with Crippen LogP contribution >= 0.6 is 34.9 Å². The Kier molecular flexibility index (Phi) is 5.74. The molecule has 96 valence electrons. The molecule has 0 aliphatic carbocycles. The van der Waals surface area contributed by atoms with E-state index in [2.05, 4.69) is 54.9 Å². The van der Waals surface area contributed by atoms with Crippen molar-refractivity contribution in [2.24, 2.45) is 0 Å². The predicted octanol–water partition coefficient (Wildman–Crippen LogP) is 3.29. The zero-order chi connectivity index (χ0) is 12.1. The first kappa shape index (κ1) is 13.8. The SMILES string of the molecule is CCc1ccc(CC(NC)C2CSCCS2)s1. The van der Waals surface area contributed by atoms with E-state index in [-0.39, 0.29) is 0 Å². The van der Waals surface area contributed by atoms with Gasteiger partial charge in [0.2, 0.25) is 0 Å². The van der Waals surface area contributed by atoms with Crippen molar-refractivity contribution in [1.29, 1.82) is 0 Å². The molecule has 0 amide bonds. The maximum absolute atomic E-state index is 3.52. The van der Waals surface area contributed by atoms with Crippen molar-refractivity contribution >= 4 is 34.9 Å². The van der Waals surface area contributed by atoms with Crippen molar-refractivity contribution in [3.05, 3.63) is 21.9 Å². The van der Waals surface area contributed by atoms with E-state index < -0.39 is 0 Å². The number of rotatable bonds is 5. The summed E-state index contributed by atoms with van der Waals surface area (Å²) in [5.74, 6) is 3.96. The van der Waals surface area contributed by atoms with Gasteiger partial charge in [0.15, 0.2) is 0 Å². The van der Waals surface area contributed by atoms with E-state index in [4.69, 9.17) is 0 Å². The molecule has 1 aromatic heterocycles. The highest BCUT2D eigenvalue weighted by Gasteiger charge is 2.23. The minimum Gasteiger partial charge on any atom is -0.316 e. The molecular formula is C13H21NS3. The first-order valence-electron chi connectivity index (χ1n) is 6.27. The number of nitrogens with one attached hydrogen (secondary N) is 1. The van der Waals surface area contributed by atoms with Crippen molar-refractivity contribution < 1.29 is 0 Å². The van der Waals surface area contributed by atoms with E-state index in [1.165, 1.54) is 39.9 Å². The zero-order valence-corrected chi connectivity index (χ0v) is 13.0. The van der Waals surface area contributed by atoms with Gasteiger partial charge in [0.05, 0.1) is 0 Å². The molecule has 4 heteroatoms. The molecule has 1 aromatic rings. The second kappa shape index (κ2) is 7.07. The van der Waals surface area contributed by atoms with Crippen molar-refractivity contribution in [1.82, 2.24) is 5.32 Å². The van der Waals surface area contributed by atoms with Crippen LogP contribution in [0, 0.1) is 0 Å². The quantitative estimate of drug-likeness (QED) is 0.892. The standard InChI is InChI=1S/C13H21NS3/c1-3-10-4-5-11(17-10)8-12(14-2)13-9-15-6-7-16-13/h4-5,12-14H,3,6-9H2,1-2H3. The predicted molar refractivity (Wildman–Crippen MR) is 83.8 cm³/mol. The highest BCUT2D eigenvalue weighted by Crippen LogP contribution is 2.29. The minimum absolute atomic E-state index is 0.635. The third-order valence-corrected chi connectivity index (χ3v) is 7.32. The van der Waals surface area contributed by atoms with Crippen LogP contribution in [0.25, 0.3) is 0 Å². The van der Waals surface area contributed by atoms with E-state index in [1.807, 2.05) is 11.3 Å². The summed E-state index contributed by atoms with van der Waals surface area (Å²) in [4.78, 5) is 3.05. The largest absolute Gasteiger partial charge is 0.316 e. The third kappa shape index (κ3) is 3.91. The Hall–Kier alpha value is 0.360. The monoisotopic (exact) mass is 287 g/mol. The van der Waals surface area contributed by atoms with Crippen LogP contribution in [0.4, 0.5) is 0 Å². The van der Waals surface area contributed by atoms with Gasteiger partial charge < -0.3 is 5.32 Å². The number of hydrogen-bond acceptors (Lipinski definition) is 4. The molecule has 1 fully saturated rings. The fourth-order valence-electron chi connectivity index (χ4n) is 2.10. The van der Waals surface area contributed by atoms with Crippen LogP contribution in [0.15, 0.2) is 12.1 Å². The molecule has 1 nitrogen and oxygen atoms in total. The Labute approximate surface area is 117 Å². The van der Waals surface area contributed by atoms with Gasteiger partial charge >= 0.3 is 0 Å². The normalized spacial score (nSPS) is 22.6. The van der Waals surface area contributed by atoms with Gasteiger partial charge in [-0.15, -0.1) is 11.3 Å². The molecule has 1 N–H and O–H groups in total. The van der Waals surface area contributed by atoms with Gasteiger partial charge in [0, 0.05) is 38.3 Å². The smallest absolute Gasteiger partial charge is 0.0295 e. The summed E-state index contributed by atoms with van der Waals surface area (Å²) in [7, 11) is 2.11. The Morgan fingerprint density at radius 2 is 2.18 bits per heavy atom. The fourth-order valence-corrected chi connectivity index (χ4v) is 6.04. The van der Waals surface area contributed by atoms with Crippen LogP contribution in [-0.4, -0.2) is 35.6 Å². The van der Waals surface area contributed by atoms with Crippen LogP contribution in [0.2, 0.25) is 0 Å². The van der Waals surface area contributed by atoms with Crippen LogP contribution in [0.3, 0.4) is 0 Å².